The van der Waals surface area contributed by atoms with Crippen LogP contribution in [0.15, 0.2) is 46.9 Å². The SMILES string of the molecule is O=C(N/N=C/c1cccs1)c1cccc(Cl)c1. The molecule has 1 aromatic carbocycles. The Morgan fingerprint density at radius 3 is 2.94 bits per heavy atom. The first-order valence-corrected chi connectivity index (χ1v) is 6.14. The van der Waals surface area contributed by atoms with Crippen LogP contribution in [0.25, 0.3) is 0 Å². The molecular weight excluding hydrogens is 256 g/mol. The fourth-order valence-electron chi connectivity index (χ4n) is 1.21. The number of benzene rings is 1. The van der Waals surface area contributed by atoms with Gasteiger partial charge in [0, 0.05) is 15.5 Å². The van der Waals surface area contributed by atoms with Crippen molar-refractivity contribution in [2.24, 2.45) is 5.10 Å². The highest BCUT2D eigenvalue weighted by Gasteiger charge is 2.03. The van der Waals surface area contributed by atoms with Crippen molar-refractivity contribution in [3.8, 4) is 0 Å². The zero-order valence-corrected chi connectivity index (χ0v) is 10.3. The van der Waals surface area contributed by atoms with Crippen LogP contribution < -0.4 is 5.43 Å². The molecule has 1 N–H and O–H groups in total. The molecule has 1 aromatic heterocycles. The van der Waals surface area contributed by atoms with Crippen LogP contribution in [0.1, 0.15) is 15.2 Å². The highest BCUT2D eigenvalue weighted by molar-refractivity contribution is 7.11. The van der Waals surface area contributed by atoms with E-state index < -0.39 is 0 Å². The fraction of sp³-hybridized carbons (Fsp3) is 0. The van der Waals surface area contributed by atoms with Crippen LogP contribution >= 0.6 is 22.9 Å². The predicted molar refractivity (Wildman–Crippen MR) is 70.8 cm³/mol. The molecule has 0 aliphatic carbocycles. The third kappa shape index (κ3) is 3.41. The molecule has 0 spiro atoms. The van der Waals surface area contributed by atoms with Crippen molar-refractivity contribution in [3.63, 3.8) is 0 Å². The maximum Gasteiger partial charge on any atom is 0.271 e. The monoisotopic (exact) mass is 264 g/mol. The highest BCUT2D eigenvalue weighted by atomic mass is 35.5. The van der Waals surface area contributed by atoms with Crippen LogP contribution in [0.5, 0.6) is 0 Å². The first kappa shape index (κ1) is 11.8. The molecule has 86 valence electrons. The normalized spacial score (nSPS) is 10.6. The van der Waals surface area contributed by atoms with Crippen LogP contribution in [0.4, 0.5) is 0 Å². The Labute approximate surface area is 108 Å². The van der Waals surface area contributed by atoms with E-state index in [0.717, 1.165) is 4.88 Å². The largest absolute Gasteiger partial charge is 0.271 e. The van der Waals surface area contributed by atoms with Crippen molar-refractivity contribution in [2.45, 2.75) is 0 Å². The minimum absolute atomic E-state index is 0.277. The standard InChI is InChI=1S/C12H9ClN2OS/c13-10-4-1-3-9(7-10)12(16)15-14-8-11-5-2-6-17-11/h1-8H,(H,15,16)/b14-8+. The van der Waals surface area contributed by atoms with Gasteiger partial charge in [-0.1, -0.05) is 23.7 Å². The lowest BCUT2D eigenvalue weighted by Crippen LogP contribution is -2.17. The van der Waals surface area contributed by atoms with Crippen molar-refractivity contribution in [1.29, 1.82) is 0 Å². The summed E-state index contributed by atoms with van der Waals surface area (Å²) in [6, 6.07) is 10.6. The lowest BCUT2D eigenvalue weighted by Gasteiger charge is -1.99. The van der Waals surface area contributed by atoms with Crippen LogP contribution in [0.3, 0.4) is 0 Å². The number of hydrazone groups is 1. The summed E-state index contributed by atoms with van der Waals surface area (Å²) >= 11 is 7.34. The molecule has 0 fully saturated rings. The molecule has 1 amide bonds. The summed E-state index contributed by atoms with van der Waals surface area (Å²) in [6.45, 7) is 0. The number of nitrogens with zero attached hydrogens (tertiary/aromatic N) is 1. The van der Waals surface area contributed by atoms with Gasteiger partial charge < -0.3 is 0 Å². The Morgan fingerprint density at radius 1 is 1.35 bits per heavy atom. The van der Waals surface area contributed by atoms with Crippen molar-refractivity contribution < 1.29 is 4.79 Å². The van der Waals surface area contributed by atoms with Crippen LogP contribution in [0.2, 0.25) is 5.02 Å². The van der Waals surface area contributed by atoms with Gasteiger partial charge in [-0.15, -0.1) is 11.3 Å². The van der Waals surface area contributed by atoms with Crippen molar-refractivity contribution in [1.82, 2.24) is 5.43 Å². The number of rotatable bonds is 3. The van der Waals surface area contributed by atoms with Gasteiger partial charge in [-0.3, -0.25) is 4.79 Å². The van der Waals surface area contributed by atoms with E-state index in [0.29, 0.717) is 10.6 Å². The molecule has 0 aliphatic heterocycles. The summed E-state index contributed by atoms with van der Waals surface area (Å²) in [5.74, 6) is -0.277. The van der Waals surface area contributed by atoms with E-state index in [1.165, 1.54) is 0 Å². The molecule has 2 aromatic rings. The van der Waals surface area contributed by atoms with Crippen LogP contribution in [0, 0.1) is 0 Å². The molecular formula is C12H9ClN2OS. The van der Waals surface area contributed by atoms with E-state index >= 15 is 0 Å². The molecule has 0 radical (unpaired) electrons. The van der Waals surface area contributed by atoms with Gasteiger partial charge in [-0.2, -0.15) is 5.10 Å². The molecule has 1 heterocycles. The second kappa shape index (κ2) is 5.61. The second-order valence-electron chi connectivity index (χ2n) is 3.22. The molecule has 0 aliphatic rings. The number of thiophene rings is 1. The van der Waals surface area contributed by atoms with Gasteiger partial charge >= 0.3 is 0 Å². The first-order chi connectivity index (χ1) is 8.25. The Balaban J connectivity index is 1.98. The van der Waals surface area contributed by atoms with Gasteiger partial charge in [-0.25, -0.2) is 5.43 Å². The smallest absolute Gasteiger partial charge is 0.267 e. The molecule has 5 heteroatoms. The fourth-order valence-corrected chi connectivity index (χ4v) is 1.99. The summed E-state index contributed by atoms with van der Waals surface area (Å²) < 4.78 is 0. The minimum atomic E-state index is -0.277. The molecule has 2 rings (SSSR count). The Hall–Kier alpha value is -1.65. The topological polar surface area (TPSA) is 41.5 Å². The maximum absolute atomic E-state index is 11.6. The molecule has 0 saturated carbocycles. The van der Waals surface area contributed by atoms with E-state index in [9.17, 15) is 4.79 Å². The van der Waals surface area contributed by atoms with E-state index in [4.69, 9.17) is 11.6 Å². The number of halogens is 1. The molecule has 0 saturated heterocycles. The van der Waals surface area contributed by atoms with E-state index in [-0.39, 0.29) is 5.91 Å². The van der Waals surface area contributed by atoms with Gasteiger partial charge in [0.05, 0.1) is 6.21 Å². The zero-order chi connectivity index (χ0) is 12.1. The average molecular weight is 265 g/mol. The Bertz CT molecular complexity index is 537. The molecule has 3 nitrogen and oxygen atoms in total. The second-order valence-corrected chi connectivity index (χ2v) is 4.64. The quantitative estimate of drug-likeness (QED) is 0.671. The number of hydrogen-bond donors (Lipinski definition) is 1. The highest BCUT2D eigenvalue weighted by Crippen LogP contribution is 2.10. The van der Waals surface area contributed by atoms with E-state index in [2.05, 4.69) is 10.5 Å². The number of nitrogens with one attached hydrogen (secondary N) is 1. The predicted octanol–water partition coefficient (Wildman–Crippen LogP) is 3.17. The molecule has 0 atom stereocenters. The number of carbonyl (C=O) groups excluding carboxylic acids is 1. The van der Waals surface area contributed by atoms with E-state index in [1.807, 2.05) is 17.5 Å². The van der Waals surface area contributed by atoms with Gasteiger partial charge in [0.2, 0.25) is 0 Å². The van der Waals surface area contributed by atoms with Crippen molar-refractivity contribution >= 4 is 35.1 Å². The Morgan fingerprint density at radius 2 is 2.24 bits per heavy atom. The van der Waals surface area contributed by atoms with Gasteiger partial charge in [0.1, 0.15) is 0 Å². The number of amides is 1. The summed E-state index contributed by atoms with van der Waals surface area (Å²) in [6.07, 6.45) is 1.60. The van der Waals surface area contributed by atoms with Gasteiger partial charge in [0.15, 0.2) is 0 Å². The molecule has 0 bridgehead atoms. The summed E-state index contributed by atoms with van der Waals surface area (Å²) in [4.78, 5) is 12.6. The third-order valence-corrected chi connectivity index (χ3v) is 3.03. The maximum atomic E-state index is 11.6. The van der Waals surface area contributed by atoms with Crippen LogP contribution in [-0.4, -0.2) is 12.1 Å². The van der Waals surface area contributed by atoms with Crippen LogP contribution in [-0.2, 0) is 0 Å². The summed E-state index contributed by atoms with van der Waals surface area (Å²) in [5, 5.41) is 6.33. The van der Waals surface area contributed by atoms with Gasteiger partial charge in [0.25, 0.3) is 5.91 Å². The van der Waals surface area contributed by atoms with Crippen molar-refractivity contribution in [2.75, 3.05) is 0 Å². The Kier molecular flexibility index (Phi) is 3.90. The minimum Gasteiger partial charge on any atom is -0.267 e. The zero-order valence-electron chi connectivity index (χ0n) is 8.76. The number of hydrogen-bond acceptors (Lipinski definition) is 3. The summed E-state index contributed by atoms with van der Waals surface area (Å²) in [7, 11) is 0. The van der Waals surface area contributed by atoms with Gasteiger partial charge in [-0.05, 0) is 29.6 Å². The lowest BCUT2D eigenvalue weighted by atomic mass is 10.2. The van der Waals surface area contributed by atoms with E-state index in [1.54, 1.807) is 41.8 Å². The third-order valence-electron chi connectivity index (χ3n) is 1.99. The first-order valence-electron chi connectivity index (χ1n) is 4.88. The average Bonchev–Trinajstić information content (AvgIpc) is 2.82. The lowest BCUT2D eigenvalue weighted by molar-refractivity contribution is 0.0955. The van der Waals surface area contributed by atoms with Crippen molar-refractivity contribution in [3.05, 3.63) is 57.2 Å². The summed E-state index contributed by atoms with van der Waals surface area (Å²) in [5.41, 5.74) is 2.93. The molecule has 0 unspecified atom stereocenters. The number of carbonyl (C=O) groups is 1. The molecule has 17 heavy (non-hydrogen) atoms.